The molecule has 0 amide bonds. The number of rotatable bonds is 6. The second kappa shape index (κ2) is 6.45. The van der Waals surface area contributed by atoms with E-state index in [0.29, 0.717) is 6.42 Å². The summed E-state index contributed by atoms with van der Waals surface area (Å²) in [6.07, 6.45) is 1.54. The number of hydrogen-bond donors (Lipinski definition) is 2. The van der Waals surface area contributed by atoms with E-state index in [-0.39, 0.29) is 16.5 Å². The van der Waals surface area contributed by atoms with E-state index in [1.807, 2.05) is 0 Å². The predicted octanol–water partition coefficient (Wildman–Crippen LogP) is 0.731. The normalized spacial score (nSPS) is 14.2. The van der Waals surface area contributed by atoms with Crippen LogP contribution in [0.1, 0.15) is 26.0 Å². The highest BCUT2D eigenvalue weighted by Gasteiger charge is 2.29. The molecule has 7 nitrogen and oxygen atoms in total. The fraction of sp³-hybridized carbons (Fsp3) is 0.417. The Morgan fingerprint density at radius 1 is 1.55 bits per heavy atom. The van der Waals surface area contributed by atoms with Crippen LogP contribution in [0, 0.1) is 17.2 Å². The van der Waals surface area contributed by atoms with Gasteiger partial charge in [0, 0.05) is 6.20 Å². The summed E-state index contributed by atoms with van der Waals surface area (Å²) in [7, 11) is -3.99. The Morgan fingerprint density at radius 2 is 2.20 bits per heavy atom. The number of carboxylic acid groups (broad SMARTS) is 1. The van der Waals surface area contributed by atoms with Crippen LogP contribution in [0.15, 0.2) is 23.2 Å². The van der Waals surface area contributed by atoms with Gasteiger partial charge >= 0.3 is 5.97 Å². The van der Waals surface area contributed by atoms with E-state index in [0.717, 1.165) is 6.20 Å². The third-order valence-corrected chi connectivity index (χ3v) is 4.35. The second-order valence-electron chi connectivity index (χ2n) is 4.31. The first-order chi connectivity index (χ1) is 9.31. The fourth-order valence-electron chi connectivity index (χ4n) is 1.49. The molecule has 0 aliphatic rings. The van der Waals surface area contributed by atoms with Gasteiger partial charge in [-0.1, -0.05) is 20.3 Å². The van der Waals surface area contributed by atoms with Gasteiger partial charge in [-0.2, -0.15) is 9.98 Å². The minimum absolute atomic E-state index is 0.0839. The highest BCUT2D eigenvalue weighted by Crippen LogP contribution is 2.13. The zero-order valence-corrected chi connectivity index (χ0v) is 11.9. The van der Waals surface area contributed by atoms with Crippen molar-refractivity contribution in [2.24, 2.45) is 5.92 Å². The molecule has 0 unspecified atom stereocenters. The van der Waals surface area contributed by atoms with Gasteiger partial charge in [-0.3, -0.25) is 4.79 Å². The molecule has 0 aliphatic carbocycles. The van der Waals surface area contributed by atoms with Crippen LogP contribution in [0.2, 0.25) is 0 Å². The Balaban J connectivity index is 3.03. The first kappa shape index (κ1) is 16.1. The topological polar surface area (TPSA) is 120 Å². The Morgan fingerprint density at radius 3 is 2.60 bits per heavy atom. The molecule has 0 bridgehead atoms. The maximum Gasteiger partial charge on any atom is 0.322 e. The molecular weight excluding hydrogens is 282 g/mol. The fourth-order valence-corrected chi connectivity index (χ4v) is 2.73. The lowest BCUT2D eigenvalue weighted by atomic mass is 10.0. The third-order valence-electron chi connectivity index (χ3n) is 2.92. The van der Waals surface area contributed by atoms with Crippen LogP contribution >= 0.6 is 0 Å². The van der Waals surface area contributed by atoms with Gasteiger partial charge < -0.3 is 5.11 Å². The van der Waals surface area contributed by atoms with Crippen LogP contribution in [-0.2, 0) is 14.8 Å². The summed E-state index contributed by atoms with van der Waals surface area (Å²) < 4.78 is 26.3. The van der Waals surface area contributed by atoms with Crippen molar-refractivity contribution in [1.29, 1.82) is 5.26 Å². The van der Waals surface area contributed by atoms with Crippen molar-refractivity contribution in [2.75, 3.05) is 0 Å². The van der Waals surface area contributed by atoms with Crippen molar-refractivity contribution in [3.63, 3.8) is 0 Å². The minimum Gasteiger partial charge on any atom is -0.480 e. The van der Waals surface area contributed by atoms with Crippen molar-refractivity contribution in [3.05, 3.63) is 24.0 Å². The SMILES string of the molecule is CC[C@H](C)[C@H](NS(=O)(=O)c1ccc(C#N)nc1)C(=O)O. The van der Waals surface area contributed by atoms with E-state index in [9.17, 15) is 13.2 Å². The molecule has 0 fully saturated rings. The lowest BCUT2D eigenvalue weighted by Gasteiger charge is -2.19. The van der Waals surface area contributed by atoms with Gasteiger partial charge in [-0.05, 0) is 18.1 Å². The van der Waals surface area contributed by atoms with Crippen molar-refractivity contribution in [3.8, 4) is 6.07 Å². The zero-order chi connectivity index (χ0) is 15.3. The molecular formula is C12H15N3O4S. The smallest absolute Gasteiger partial charge is 0.322 e. The molecule has 0 radical (unpaired) electrons. The lowest BCUT2D eigenvalue weighted by Crippen LogP contribution is -2.44. The summed E-state index contributed by atoms with van der Waals surface area (Å²) in [5.74, 6) is -1.59. The number of hydrogen-bond acceptors (Lipinski definition) is 5. The summed E-state index contributed by atoms with van der Waals surface area (Å²) >= 11 is 0. The molecule has 0 spiro atoms. The quantitative estimate of drug-likeness (QED) is 0.798. The van der Waals surface area contributed by atoms with E-state index in [1.54, 1.807) is 19.9 Å². The first-order valence-electron chi connectivity index (χ1n) is 5.93. The van der Waals surface area contributed by atoms with Crippen molar-refractivity contribution in [1.82, 2.24) is 9.71 Å². The van der Waals surface area contributed by atoms with Gasteiger partial charge in [0.2, 0.25) is 10.0 Å². The Labute approximate surface area is 117 Å². The first-order valence-corrected chi connectivity index (χ1v) is 7.41. The van der Waals surface area contributed by atoms with Crippen LogP contribution in [0.4, 0.5) is 0 Å². The Kier molecular flexibility index (Phi) is 5.19. The average Bonchev–Trinajstić information content (AvgIpc) is 2.43. The van der Waals surface area contributed by atoms with Gasteiger partial charge in [0.1, 0.15) is 22.7 Å². The highest BCUT2D eigenvalue weighted by atomic mass is 32.2. The molecule has 1 rings (SSSR count). The van der Waals surface area contributed by atoms with Crippen LogP contribution in [0.5, 0.6) is 0 Å². The molecule has 0 aliphatic heterocycles. The largest absolute Gasteiger partial charge is 0.480 e. The van der Waals surface area contributed by atoms with E-state index < -0.39 is 22.0 Å². The molecule has 0 aromatic carbocycles. The summed E-state index contributed by atoms with van der Waals surface area (Å²) in [6.45, 7) is 3.43. The van der Waals surface area contributed by atoms with Crippen LogP contribution in [0.3, 0.4) is 0 Å². The average molecular weight is 297 g/mol. The standard InChI is InChI=1S/C12H15N3O4S/c1-3-8(2)11(12(16)17)15-20(18,19)10-5-4-9(6-13)14-7-10/h4-5,7-8,11,15H,3H2,1-2H3,(H,16,17)/t8-,11-/m0/s1. The minimum atomic E-state index is -3.99. The maximum atomic E-state index is 12.1. The predicted molar refractivity (Wildman–Crippen MR) is 70.2 cm³/mol. The molecule has 1 heterocycles. The second-order valence-corrected chi connectivity index (χ2v) is 6.03. The summed E-state index contributed by atoms with van der Waals surface area (Å²) in [4.78, 5) is 14.6. The van der Waals surface area contributed by atoms with E-state index in [4.69, 9.17) is 10.4 Å². The maximum absolute atomic E-state index is 12.1. The molecule has 20 heavy (non-hydrogen) atoms. The van der Waals surface area contributed by atoms with E-state index in [1.165, 1.54) is 12.1 Å². The number of nitrogens with one attached hydrogen (secondary N) is 1. The number of pyridine rings is 1. The lowest BCUT2D eigenvalue weighted by molar-refractivity contribution is -0.140. The molecule has 0 saturated heterocycles. The van der Waals surface area contributed by atoms with Gasteiger partial charge in [0.25, 0.3) is 0 Å². The van der Waals surface area contributed by atoms with Crippen molar-refractivity contribution in [2.45, 2.75) is 31.2 Å². The molecule has 108 valence electrons. The molecule has 1 aromatic rings. The van der Waals surface area contributed by atoms with Crippen LogP contribution in [-0.4, -0.2) is 30.5 Å². The van der Waals surface area contributed by atoms with Crippen LogP contribution < -0.4 is 4.72 Å². The zero-order valence-electron chi connectivity index (χ0n) is 11.1. The Bertz CT molecular complexity index is 619. The van der Waals surface area contributed by atoms with Gasteiger partial charge in [-0.25, -0.2) is 13.4 Å². The van der Waals surface area contributed by atoms with Gasteiger partial charge in [0.15, 0.2) is 0 Å². The molecule has 2 N–H and O–H groups in total. The number of aromatic nitrogens is 1. The number of carboxylic acids is 1. The summed E-state index contributed by atoms with van der Waals surface area (Å²) in [5, 5.41) is 17.7. The number of aliphatic carboxylic acids is 1. The molecule has 0 saturated carbocycles. The van der Waals surface area contributed by atoms with Crippen LogP contribution in [0.25, 0.3) is 0 Å². The van der Waals surface area contributed by atoms with Gasteiger partial charge in [0.05, 0.1) is 0 Å². The van der Waals surface area contributed by atoms with Crippen molar-refractivity contribution < 1.29 is 18.3 Å². The highest BCUT2D eigenvalue weighted by molar-refractivity contribution is 7.89. The van der Waals surface area contributed by atoms with E-state index in [2.05, 4.69) is 9.71 Å². The monoisotopic (exact) mass is 297 g/mol. The summed E-state index contributed by atoms with van der Waals surface area (Å²) in [5.41, 5.74) is 0.0839. The molecule has 2 atom stereocenters. The summed E-state index contributed by atoms with van der Waals surface area (Å²) in [6, 6.07) is 3.03. The molecule has 1 aromatic heterocycles. The third kappa shape index (κ3) is 3.76. The van der Waals surface area contributed by atoms with Crippen molar-refractivity contribution >= 4 is 16.0 Å². The number of sulfonamides is 1. The Hall–Kier alpha value is -1.98. The van der Waals surface area contributed by atoms with E-state index >= 15 is 0 Å². The number of nitrogens with zero attached hydrogens (tertiary/aromatic N) is 2. The molecule has 8 heteroatoms. The van der Waals surface area contributed by atoms with Gasteiger partial charge in [-0.15, -0.1) is 0 Å². The number of carbonyl (C=O) groups is 1. The number of nitriles is 1.